The van der Waals surface area contributed by atoms with Crippen molar-refractivity contribution in [1.29, 1.82) is 0 Å². The van der Waals surface area contributed by atoms with Crippen LogP contribution in [0.15, 0.2) is 48.7 Å². The Morgan fingerprint density at radius 2 is 1.90 bits per heavy atom. The Labute approximate surface area is 172 Å². The lowest BCUT2D eigenvalue weighted by Gasteiger charge is -2.18. The number of nitrogen functional groups attached to an aromatic ring is 1. The molecule has 0 bridgehead atoms. The maximum Gasteiger partial charge on any atom is 0.339 e. The van der Waals surface area contributed by atoms with Crippen LogP contribution in [0, 0.1) is 6.92 Å². The molecule has 152 valence electrons. The predicted octanol–water partition coefficient (Wildman–Crippen LogP) is 1.99. The molecule has 1 fully saturated rings. The van der Waals surface area contributed by atoms with Crippen LogP contribution in [0.4, 0.5) is 11.5 Å². The second-order valence-corrected chi connectivity index (χ2v) is 6.82. The largest absolute Gasteiger partial charge is 0.465 e. The van der Waals surface area contributed by atoms with Crippen LogP contribution in [0.2, 0.25) is 0 Å². The molecule has 1 aliphatic heterocycles. The van der Waals surface area contributed by atoms with E-state index in [4.69, 9.17) is 10.5 Å². The number of esters is 1. The van der Waals surface area contributed by atoms with Gasteiger partial charge in [-0.05, 0) is 31.2 Å². The van der Waals surface area contributed by atoms with Crippen molar-refractivity contribution in [2.24, 2.45) is 0 Å². The number of amides is 2. The van der Waals surface area contributed by atoms with Crippen molar-refractivity contribution in [2.45, 2.75) is 19.3 Å². The van der Waals surface area contributed by atoms with Crippen molar-refractivity contribution >= 4 is 29.3 Å². The molecular weight excluding hydrogens is 386 g/mol. The molecule has 1 saturated heterocycles. The highest BCUT2D eigenvalue weighted by Crippen LogP contribution is 2.38. The minimum Gasteiger partial charge on any atom is -0.465 e. The van der Waals surface area contributed by atoms with Gasteiger partial charge in [0.1, 0.15) is 5.82 Å². The summed E-state index contributed by atoms with van der Waals surface area (Å²) in [6, 6.07) is 11.6. The molecule has 0 spiro atoms. The third kappa shape index (κ3) is 3.00. The van der Waals surface area contributed by atoms with E-state index in [1.807, 2.05) is 0 Å². The summed E-state index contributed by atoms with van der Waals surface area (Å²) in [5.41, 5.74) is 7.66. The van der Waals surface area contributed by atoms with Crippen molar-refractivity contribution in [3.63, 3.8) is 0 Å². The van der Waals surface area contributed by atoms with Gasteiger partial charge in [0.05, 0.1) is 30.0 Å². The third-order valence-electron chi connectivity index (χ3n) is 5.06. The normalized spacial score (nSPS) is 16.2. The van der Waals surface area contributed by atoms with Crippen LogP contribution in [0.25, 0.3) is 5.82 Å². The van der Waals surface area contributed by atoms with Gasteiger partial charge in [-0.15, -0.1) is 0 Å². The Hall–Kier alpha value is -4.01. The van der Waals surface area contributed by atoms with E-state index in [1.54, 1.807) is 43.5 Å². The lowest BCUT2D eigenvalue weighted by Crippen LogP contribution is -2.31. The average Bonchev–Trinajstić information content (AvgIpc) is 3.22. The molecule has 9 heteroatoms. The van der Waals surface area contributed by atoms with E-state index >= 15 is 0 Å². The molecule has 2 amide bonds. The number of nitrogens with two attached hydrogens (primary N) is 1. The number of nitrogens with zero attached hydrogens (tertiary/aromatic N) is 4. The molecule has 1 aromatic carbocycles. The van der Waals surface area contributed by atoms with Crippen LogP contribution in [0.3, 0.4) is 0 Å². The zero-order valence-corrected chi connectivity index (χ0v) is 16.4. The minimum absolute atomic E-state index is 0.0761. The number of rotatable bonds is 4. The topological polar surface area (TPSA) is 120 Å². The van der Waals surface area contributed by atoms with Gasteiger partial charge in [-0.3, -0.25) is 9.59 Å². The number of pyridine rings is 1. The average molecular weight is 405 g/mol. The molecule has 0 saturated carbocycles. The molecule has 3 aromatic rings. The van der Waals surface area contributed by atoms with Gasteiger partial charge in [0, 0.05) is 18.2 Å². The fraction of sp³-hybridized carbons (Fsp3) is 0.190. The van der Waals surface area contributed by atoms with Gasteiger partial charge in [-0.1, -0.05) is 18.2 Å². The monoisotopic (exact) mass is 405 g/mol. The van der Waals surface area contributed by atoms with Crippen LogP contribution in [-0.4, -0.2) is 39.7 Å². The van der Waals surface area contributed by atoms with E-state index < -0.39 is 23.7 Å². The first-order valence-electron chi connectivity index (χ1n) is 9.24. The number of benzene rings is 1. The fourth-order valence-corrected chi connectivity index (χ4v) is 3.70. The molecule has 3 heterocycles. The van der Waals surface area contributed by atoms with E-state index in [0.29, 0.717) is 17.1 Å². The van der Waals surface area contributed by atoms with E-state index in [1.165, 1.54) is 23.9 Å². The van der Waals surface area contributed by atoms with Crippen molar-refractivity contribution in [3.8, 4) is 5.82 Å². The number of para-hydroxylation sites is 1. The van der Waals surface area contributed by atoms with Crippen molar-refractivity contribution in [2.75, 3.05) is 17.7 Å². The molecule has 1 aliphatic rings. The number of ether oxygens (including phenoxy) is 1. The highest BCUT2D eigenvalue weighted by molar-refractivity contribution is 6.24. The first kappa shape index (κ1) is 19.3. The molecule has 2 aromatic heterocycles. The summed E-state index contributed by atoms with van der Waals surface area (Å²) in [6.45, 7) is 1.73. The molecule has 0 unspecified atom stereocenters. The van der Waals surface area contributed by atoms with Crippen LogP contribution < -0.4 is 10.6 Å². The third-order valence-corrected chi connectivity index (χ3v) is 5.06. The van der Waals surface area contributed by atoms with Gasteiger partial charge in [-0.2, -0.15) is 9.78 Å². The molecule has 2 N–H and O–H groups in total. The molecule has 30 heavy (non-hydrogen) atoms. The highest BCUT2D eigenvalue weighted by atomic mass is 16.5. The zero-order valence-electron chi connectivity index (χ0n) is 16.4. The minimum atomic E-state index is -0.805. The summed E-state index contributed by atoms with van der Waals surface area (Å²) in [7, 11) is 1.24. The maximum atomic E-state index is 13.3. The van der Waals surface area contributed by atoms with Gasteiger partial charge in [-0.25, -0.2) is 14.7 Å². The number of carbonyl (C=O) groups is 3. The summed E-state index contributed by atoms with van der Waals surface area (Å²) >= 11 is 0. The number of anilines is 2. The second-order valence-electron chi connectivity index (χ2n) is 6.82. The van der Waals surface area contributed by atoms with E-state index in [2.05, 4.69) is 10.1 Å². The zero-order chi connectivity index (χ0) is 21.4. The van der Waals surface area contributed by atoms with E-state index in [9.17, 15) is 14.4 Å². The number of carbonyl (C=O) groups excluding carboxylic acids is 3. The van der Waals surface area contributed by atoms with Crippen molar-refractivity contribution in [1.82, 2.24) is 14.8 Å². The lowest BCUT2D eigenvalue weighted by atomic mass is 9.97. The first-order chi connectivity index (χ1) is 14.4. The smallest absolute Gasteiger partial charge is 0.339 e. The number of hydrogen-bond donors (Lipinski definition) is 1. The highest BCUT2D eigenvalue weighted by Gasteiger charge is 2.44. The second kappa shape index (κ2) is 7.43. The van der Waals surface area contributed by atoms with Crippen LogP contribution >= 0.6 is 0 Å². The summed E-state index contributed by atoms with van der Waals surface area (Å²) in [6.07, 6.45) is 1.54. The fourth-order valence-electron chi connectivity index (χ4n) is 3.70. The number of aryl methyl sites for hydroxylation is 1. The molecule has 1 atom stereocenters. The predicted molar refractivity (Wildman–Crippen MR) is 108 cm³/mol. The Bertz CT molecular complexity index is 1160. The number of imide groups is 1. The summed E-state index contributed by atoms with van der Waals surface area (Å²) in [5.74, 6) is -1.57. The molecule has 4 rings (SSSR count). The summed E-state index contributed by atoms with van der Waals surface area (Å²) < 4.78 is 6.23. The van der Waals surface area contributed by atoms with Crippen molar-refractivity contribution < 1.29 is 19.1 Å². The maximum absolute atomic E-state index is 13.3. The Kier molecular flexibility index (Phi) is 4.78. The van der Waals surface area contributed by atoms with Gasteiger partial charge >= 0.3 is 5.97 Å². The molecular formula is C21H19N5O4. The van der Waals surface area contributed by atoms with Gasteiger partial charge in [0.25, 0.3) is 0 Å². The van der Waals surface area contributed by atoms with Crippen LogP contribution in [-0.2, 0) is 14.3 Å². The number of aromatic nitrogens is 3. The van der Waals surface area contributed by atoms with Gasteiger partial charge in [0.15, 0.2) is 5.82 Å². The lowest BCUT2D eigenvalue weighted by molar-refractivity contribution is -0.121. The Balaban J connectivity index is 1.75. The first-order valence-corrected chi connectivity index (χ1v) is 9.24. The van der Waals surface area contributed by atoms with Gasteiger partial charge in [0.2, 0.25) is 11.8 Å². The summed E-state index contributed by atoms with van der Waals surface area (Å²) in [4.78, 5) is 43.4. The van der Waals surface area contributed by atoms with Crippen LogP contribution in [0.5, 0.6) is 0 Å². The van der Waals surface area contributed by atoms with E-state index in [0.717, 1.165) is 4.90 Å². The SMILES string of the molecule is COC(=O)c1ccccc1N1C(=O)C[C@@H](c2c(C)nn(-c3ccccn3)c2N)C1=O. The molecule has 0 radical (unpaired) electrons. The van der Waals surface area contributed by atoms with Gasteiger partial charge < -0.3 is 10.5 Å². The molecule has 0 aliphatic carbocycles. The number of hydrogen-bond acceptors (Lipinski definition) is 7. The van der Waals surface area contributed by atoms with Crippen molar-refractivity contribution in [3.05, 3.63) is 65.5 Å². The standard InChI is InChI=1S/C21H19N5O4/c1-12-18(19(22)26(24-12)16-9-5-6-10-23-16)14-11-17(27)25(20(14)28)15-8-4-3-7-13(15)21(29)30-2/h3-10,14H,11,22H2,1-2H3/t14-/m0/s1. The summed E-state index contributed by atoms with van der Waals surface area (Å²) in [5, 5.41) is 4.41. The number of methoxy groups -OCH3 is 1. The quantitative estimate of drug-likeness (QED) is 0.520. The van der Waals surface area contributed by atoms with Crippen LogP contribution in [0.1, 0.15) is 34.0 Å². The van der Waals surface area contributed by atoms with E-state index in [-0.39, 0.29) is 23.5 Å². The Morgan fingerprint density at radius 3 is 2.60 bits per heavy atom. The Morgan fingerprint density at radius 1 is 1.17 bits per heavy atom. The molecule has 9 nitrogen and oxygen atoms in total.